The van der Waals surface area contributed by atoms with Gasteiger partial charge in [-0.2, -0.15) is 13.2 Å². The van der Waals surface area contributed by atoms with E-state index in [0.29, 0.717) is 12.2 Å². The van der Waals surface area contributed by atoms with Crippen LogP contribution < -0.4 is 11.1 Å². The molecule has 114 valence electrons. The predicted molar refractivity (Wildman–Crippen MR) is 71.1 cm³/mol. The van der Waals surface area contributed by atoms with Crippen LogP contribution in [0.15, 0.2) is 29.2 Å². The van der Waals surface area contributed by atoms with Gasteiger partial charge in [0.1, 0.15) is 0 Å². The molecular formula is C12H17F3N2O2S. The van der Waals surface area contributed by atoms with Crippen molar-refractivity contribution in [2.75, 3.05) is 11.9 Å². The molecule has 4 nitrogen and oxygen atoms in total. The summed E-state index contributed by atoms with van der Waals surface area (Å²) in [6.45, 7) is 2.47. The number of nitrogens with one attached hydrogen (secondary N) is 1. The highest BCUT2D eigenvalue weighted by molar-refractivity contribution is 7.92. The molecule has 0 spiro atoms. The van der Waals surface area contributed by atoms with E-state index in [9.17, 15) is 21.6 Å². The van der Waals surface area contributed by atoms with Crippen molar-refractivity contribution in [3.05, 3.63) is 24.3 Å². The predicted octanol–water partition coefficient (Wildman–Crippen LogP) is 2.52. The Morgan fingerprint density at radius 2 is 1.80 bits per heavy atom. The second-order valence-corrected chi connectivity index (χ2v) is 6.34. The Morgan fingerprint density at radius 3 is 2.25 bits per heavy atom. The molecule has 0 saturated carbocycles. The highest BCUT2D eigenvalue weighted by atomic mass is 32.2. The van der Waals surface area contributed by atoms with Crippen LogP contribution in [0.5, 0.6) is 0 Å². The van der Waals surface area contributed by atoms with Crippen molar-refractivity contribution in [1.82, 2.24) is 0 Å². The number of sulfone groups is 1. The number of rotatable bonds is 6. The largest absolute Gasteiger partial charge is 0.501 e. The molecular weight excluding hydrogens is 293 g/mol. The van der Waals surface area contributed by atoms with Crippen LogP contribution in [0, 0.1) is 0 Å². The summed E-state index contributed by atoms with van der Waals surface area (Å²) in [7, 11) is -5.29. The summed E-state index contributed by atoms with van der Waals surface area (Å²) < 4.78 is 59.3. The lowest BCUT2D eigenvalue weighted by Gasteiger charge is -2.13. The van der Waals surface area contributed by atoms with E-state index < -0.39 is 20.2 Å². The van der Waals surface area contributed by atoms with E-state index in [4.69, 9.17) is 5.73 Å². The van der Waals surface area contributed by atoms with Gasteiger partial charge in [-0.15, -0.1) is 0 Å². The van der Waals surface area contributed by atoms with Crippen LogP contribution in [0.25, 0.3) is 0 Å². The summed E-state index contributed by atoms with van der Waals surface area (Å²) in [6, 6.07) is 4.38. The first-order chi connectivity index (χ1) is 9.18. The summed E-state index contributed by atoms with van der Waals surface area (Å²) in [5.41, 5.74) is 1.02. The Balaban J connectivity index is 2.75. The minimum atomic E-state index is -5.29. The van der Waals surface area contributed by atoms with Crippen molar-refractivity contribution in [1.29, 1.82) is 0 Å². The highest BCUT2D eigenvalue weighted by Crippen LogP contribution is 2.30. The fourth-order valence-corrected chi connectivity index (χ4v) is 2.37. The minimum absolute atomic E-state index is 0.0569. The SMILES string of the molecule is CCCC(N)CNc1ccc(S(=O)(=O)C(F)(F)F)cc1. The number of nitrogens with two attached hydrogens (primary N) is 1. The fraction of sp³-hybridized carbons (Fsp3) is 0.500. The first kappa shape index (κ1) is 16.8. The molecule has 0 heterocycles. The van der Waals surface area contributed by atoms with Crippen LogP contribution in [-0.2, 0) is 9.84 Å². The van der Waals surface area contributed by atoms with Crippen molar-refractivity contribution in [2.24, 2.45) is 5.73 Å². The maximum atomic E-state index is 12.3. The number of hydrogen-bond donors (Lipinski definition) is 2. The second-order valence-electron chi connectivity index (χ2n) is 4.40. The maximum absolute atomic E-state index is 12.3. The standard InChI is InChI=1S/C12H17F3N2O2S/c1-2-3-9(16)8-17-10-4-6-11(7-5-10)20(18,19)12(13,14)15/h4-7,9,17H,2-3,8,16H2,1H3. The average molecular weight is 310 g/mol. The van der Waals surface area contributed by atoms with Gasteiger partial charge in [-0.1, -0.05) is 13.3 Å². The number of alkyl halides is 3. The van der Waals surface area contributed by atoms with Crippen molar-refractivity contribution in [2.45, 2.75) is 36.2 Å². The highest BCUT2D eigenvalue weighted by Gasteiger charge is 2.46. The zero-order chi connectivity index (χ0) is 15.4. The topological polar surface area (TPSA) is 72.2 Å². The quantitative estimate of drug-likeness (QED) is 0.847. The number of halogens is 3. The lowest BCUT2D eigenvalue weighted by molar-refractivity contribution is -0.0436. The van der Waals surface area contributed by atoms with Crippen LogP contribution in [0.2, 0.25) is 0 Å². The van der Waals surface area contributed by atoms with E-state index in [-0.39, 0.29) is 6.04 Å². The van der Waals surface area contributed by atoms with Gasteiger partial charge in [0.15, 0.2) is 0 Å². The molecule has 1 aromatic rings. The fourth-order valence-electron chi connectivity index (χ4n) is 1.61. The summed E-state index contributed by atoms with van der Waals surface area (Å²) >= 11 is 0. The van der Waals surface area contributed by atoms with Crippen molar-refractivity contribution >= 4 is 15.5 Å². The van der Waals surface area contributed by atoms with E-state index >= 15 is 0 Å². The van der Waals surface area contributed by atoms with Crippen molar-refractivity contribution in [3.8, 4) is 0 Å². The van der Waals surface area contributed by atoms with E-state index in [1.54, 1.807) is 0 Å². The summed E-state index contributed by atoms with van der Waals surface area (Å²) in [5.74, 6) is 0. The molecule has 1 unspecified atom stereocenters. The van der Waals surface area contributed by atoms with Gasteiger partial charge in [0, 0.05) is 18.3 Å². The summed E-state index contributed by atoms with van der Waals surface area (Å²) in [5, 5.41) is 2.95. The number of benzene rings is 1. The van der Waals surface area contributed by atoms with Crippen LogP contribution in [-0.4, -0.2) is 26.5 Å². The van der Waals surface area contributed by atoms with Gasteiger partial charge in [0.05, 0.1) is 4.90 Å². The van der Waals surface area contributed by atoms with Gasteiger partial charge in [-0.3, -0.25) is 0 Å². The van der Waals surface area contributed by atoms with Gasteiger partial charge < -0.3 is 11.1 Å². The molecule has 1 aromatic carbocycles. The minimum Gasteiger partial charge on any atom is -0.383 e. The normalized spacial score (nSPS) is 14.1. The van der Waals surface area contributed by atoms with Gasteiger partial charge in [0.25, 0.3) is 9.84 Å². The van der Waals surface area contributed by atoms with Crippen LogP contribution in [0.1, 0.15) is 19.8 Å². The molecule has 0 aliphatic carbocycles. The third-order valence-electron chi connectivity index (χ3n) is 2.70. The molecule has 0 amide bonds. The molecule has 1 atom stereocenters. The van der Waals surface area contributed by atoms with Gasteiger partial charge >= 0.3 is 5.51 Å². The molecule has 0 aliphatic heterocycles. The molecule has 0 radical (unpaired) electrons. The zero-order valence-corrected chi connectivity index (χ0v) is 11.8. The van der Waals surface area contributed by atoms with E-state index in [1.807, 2.05) is 6.92 Å². The first-order valence-electron chi connectivity index (χ1n) is 6.09. The molecule has 0 aromatic heterocycles. The second kappa shape index (κ2) is 6.45. The third-order valence-corrected chi connectivity index (χ3v) is 4.20. The van der Waals surface area contributed by atoms with Gasteiger partial charge in [-0.05, 0) is 30.7 Å². The van der Waals surface area contributed by atoms with E-state index in [0.717, 1.165) is 25.0 Å². The first-order valence-corrected chi connectivity index (χ1v) is 7.57. The Labute approximate surface area is 116 Å². The Hall–Kier alpha value is -1.28. The van der Waals surface area contributed by atoms with E-state index in [1.165, 1.54) is 12.1 Å². The molecule has 0 aliphatic rings. The molecule has 3 N–H and O–H groups in total. The Kier molecular flexibility index (Phi) is 5.41. The van der Waals surface area contributed by atoms with Crippen LogP contribution in [0.3, 0.4) is 0 Å². The Bertz CT molecular complexity index is 527. The lowest BCUT2D eigenvalue weighted by atomic mass is 10.2. The van der Waals surface area contributed by atoms with Crippen molar-refractivity contribution < 1.29 is 21.6 Å². The lowest BCUT2D eigenvalue weighted by Crippen LogP contribution is -2.28. The maximum Gasteiger partial charge on any atom is 0.501 e. The third kappa shape index (κ3) is 4.11. The molecule has 8 heteroatoms. The molecule has 20 heavy (non-hydrogen) atoms. The number of hydrogen-bond acceptors (Lipinski definition) is 4. The average Bonchev–Trinajstić information content (AvgIpc) is 2.36. The monoisotopic (exact) mass is 310 g/mol. The number of anilines is 1. The van der Waals surface area contributed by atoms with Gasteiger partial charge in [-0.25, -0.2) is 8.42 Å². The Morgan fingerprint density at radius 1 is 1.25 bits per heavy atom. The smallest absolute Gasteiger partial charge is 0.383 e. The summed E-state index contributed by atoms with van der Waals surface area (Å²) in [6.07, 6.45) is 1.76. The zero-order valence-electron chi connectivity index (χ0n) is 10.9. The van der Waals surface area contributed by atoms with Crippen LogP contribution >= 0.6 is 0 Å². The van der Waals surface area contributed by atoms with Crippen LogP contribution in [0.4, 0.5) is 18.9 Å². The van der Waals surface area contributed by atoms with E-state index in [2.05, 4.69) is 5.32 Å². The van der Waals surface area contributed by atoms with Gasteiger partial charge in [0.2, 0.25) is 0 Å². The summed E-state index contributed by atoms with van der Waals surface area (Å²) in [4.78, 5) is -0.770. The molecule has 1 rings (SSSR count). The molecule has 0 bridgehead atoms. The van der Waals surface area contributed by atoms with Crippen molar-refractivity contribution in [3.63, 3.8) is 0 Å². The molecule has 0 saturated heterocycles. The molecule has 0 fully saturated rings.